The van der Waals surface area contributed by atoms with Crippen molar-refractivity contribution < 1.29 is 9.32 Å². The SMILES string of the molecule is O=C(c1cn(-c2cccnc2)nn1)N1CCC(c2ccon2)C1. The Labute approximate surface area is 131 Å². The van der Waals surface area contributed by atoms with Crippen LogP contribution in [0.5, 0.6) is 0 Å². The quantitative estimate of drug-likeness (QED) is 0.724. The van der Waals surface area contributed by atoms with Gasteiger partial charge in [0, 0.05) is 31.3 Å². The molecule has 0 N–H and O–H groups in total. The number of hydrogen-bond donors (Lipinski definition) is 0. The number of aromatic nitrogens is 5. The Balaban J connectivity index is 1.49. The molecule has 1 aliphatic rings. The third kappa shape index (κ3) is 2.59. The summed E-state index contributed by atoms with van der Waals surface area (Å²) >= 11 is 0. The minimum absolute atomic E-state index is 0.119. The van der Waals surface area contributed by atoms with Crippen LogP contribution in [0.4, 0.5) is 0 Å². The van der Waals surface area contributed by atoms with Gasteiger partial charge < -0.3 is 9.42 Å². The fraction of sp³-hybridized carbons (Fsp3) is 0.267. The molecule has 3 aromatic rings. The van der Waals surface area contributed by atoms with Crippen LogP contribution in [0.1, 0.15) is 28.5 Å². The van der Waals surface area contributed by atoms with Crippen LogP contribution in [0.3, 0.4) is 0 Å². The van der Waals surface area contributed by atoms with Crippen molar-refractivity contribution in [2.45, 2.75) is 12.3 Å². The number of nitrogens with zero attached hydrogens (tertiary/aromatic N) is 6. The summed E-state index contributed by atoms with van der Waals surface area (Å²) in [4.78, 5) is 18.4. The van der Waals surface area contributed by atoms with E-state index in [4.69, 9.17) is 4.52 Å². The summed E-state index contributed by atoms with van der Waals surface area (Å²) in [6.07, 6.45) is 7.40. The lowest BCUT2D eigenvalue weighted by Gasteiger charge is -2.13. The average Bonchev–Trinajstić information content (AvgIpc) is 3.35. The normalized spacial score (nSPS) is 17.6. The third-order valence-electron chi connectivity index (χ3n) is 3.97. The van der Waals surface area contributed by atoms with Gasteiger partial charge in [0.15, 0.2) is 5.69 Å². The summed E-state index contributed by atoms with van der Waals surface area (Å²) < 4.78 is 6.42. The summed E-state index contributed by atoms with van der Waals surface area (Å²) in [5.74, 6) is 0.0946. The van der Waals surface area contributed by atoms with E-state index in [0.29, 0.717) is 18.8 Å². The Kier molecular flexibility index (Phi) is 3.34. The Morgan fingerprint density at radius 1 is 1.35 bits per heavy atom. The fourth-order valence-electron chi connectivity index (χ4n) is 2.76. The molecule has 4 heterocycles. The smallest absolute Gasteiger partial charge is 0.276 e. The third-order valence-corrected chi connectivity index (χ3v) is 3.97. The van der Waals surface area contributed by atoms with Crippen molar-refractivity contribution in [1.82, 2.24) is 30.0 Å². The number of carbonyl (C=O) groups excluding carboxylic acids is 1. The van der Waals surface area contributed by atoms with E-state index in [1.807, 2.05) is 18.2 Å². The number of hydrogen-bond acceptors (Lipinski definition) is 6. The molecule has 1 fully saturated rings. The van der Waals surface area contributed by atoms with Gasteiger partial charge in [0.1, 0.15) is 6.26 Å². The Bertz CT molecular complexity index is 799. The van der Waals surface area contributed by atoms with Gasteiger partial charge in [-0.15, -0.1) is 5.10 Å². The highest BCUT2D eigenvalue weighted by molar-refractivity contribution is 5.92. The maximum absolute atomic E-state index is 12.6. The standard InChI is InChI=1S/C15H14N6O2/c22-15(20-6-3-11(9-20)13-4-7-23-18-13)14-10-21(19-17-14)12-2-1-5-16-8-12/h1-2,4-5,7-8,10-11H,3,6,9H2. The second-order valence-electron chi connectivity index (χ2n) is 5.42. The molecule has 0 aromatic carbocycles. The zero-order valence-corrected chi connectivity index (χ0v) is 12.2. The fourth-order valence-corrected chi connectivity index (χ4v) is 2.76. The molecular weight excluding hydrogens is 296 g/mol. The summed E-state index contributed by atoms with van der Waals surface area (Å²) in [7, 11) is 0. The van der Waals surface area contributed by atoms with Gasteiger partial charge in [0.2, 0.25) is 0 Å². The number of pyridine rings is 1. The van der Waals surface area contributed by atoms with Crippen LogP contribution in [0.15, 0.2) is 47.6 Å². The highest BCUT2D eigenvalue weighted by Crippen LogP contribution is 2.26. The minimum atomic E-state index is -0.119. The van der Waals surface area contributed by atoms with Gasteiger partial charge in [-0.05, 0) is 18.6 Å². The van der Waals surface area contributed by atoms with Gasteiger partial charge in [-0.1, -0.05) is 10.4 Å². The first kappa shape index (κ1) is 13.6. The van der Waals surface area contributed by atoms with E-state index < -0.39 is 0 Å². The Morgan fingerprint density at radius 2 is 2.30 bits per heavy atom. The molecule has 0 spiro atoms. The summed E-state index contributed by atoms with van der Waals surface area (Å²) in [5, 5.41) is 11.9. The molecule has 0 radical (unpaired) electrons. The zero-order valence-electron chi connectivity index (χ0n) is 12.2. The number of carbonyl (C=O) groups is 1. The van der Waals surface area contributed by atoms with Crippen LogP contribution >= 0.6 is 0 Å². The van der Waals surface area contributed by atoms with Crippen LogP contribution in [-0.2, 0) is 0 Å². The molecule has 8 heteroatoms. The largest absolute Gasteiger partial charge is 0.365 e. The van der Waals surface area contributed by atoms with E-state index >= 15 is 0 Å². The van der Waals surface area contributed by atoms with Crippen LogP contribution in [0.25, 0.3) is 5.69 Å². The van der Waals surface area contributed by atoms with Crippen LogP contribution in [0, 0.1) is 0 Å². The molecule has 1 saturated heterocycles. The van der Waals surface area contributed by atoms with Crippen molar-refractivity contribution in [3.8, 4) is 5.69 Å². The molecule has 116 valence electrons. The summed E-state index contributed by atoms with van der Waals surface area (Å²) in [5.41, 5.74) is 1.98. The number of amides is 1. The van der Waals surface area contributed by atoms with Gasteiger partial charge in [-0.25, -0.2) is 4.68 Å². The van der Waals surface area contributed by atoms with Crippen molar-refractivity contribution in [3.05, 3.63) is 54.4 Å². The molecule has 1 atom stereocenters. The van der Waals surface area contributed by atoms with Crippen molar-refractivity contribution in [3.63, 3.8) is 0 Å². The molecule has 0 saturated carbocycles. The Hall–Kier alpha value is -3.03. The van der Waals surface area contributed by atoms with Gasteiger partial charge >= 0.3 is 0 Å². The van der Waals surface area contributed by atoms with E-state index in [1.54, 1.807) is 34.4 Å². The second kappa shape index (κ2) is 5.64. The van der Waals surface area contributed by atoms with Crippen molar-refractivity contribution in [1.29, 1.82) is 0 Å². The van der Waals surface area contributed by atoms with Gasteiger partial charge in [-0.2, -0.15) is 0 Å². The predicted molar refractivity (Wildman–Crippen MR) is 78.9 cm³/mol. The maximum atomic E-state index is 12.6. The van der Waals surface area contributed by atoms with E-state index in [1.165, 1.54) is 0 Å². The molecule has 3 aromatic heterocycles. The molecule has 0 aliphatic carbocycles. The first-order valence-electron chi connectivity index (χ1n) is 7.33. The maximum Gasteiger partial charge on any atom is 0.276 e. The molecule has 1 unspecified atom stereocenters. The van der Waals surface area contributed by atoms with Crippen molar-refractivity contribution in [2.24, 2.45) is 0 Å². The summed E-state index contributed by atoms with van der Waals surface area (Å²) in [6.45, 7) is 1.29. The van der Waals surface area contributed by atoms with Gasteiger partial charge in [0.25, 0.3) is 5.91 Å². The monoisotopic (exact) mass is 310 g/mol. The zero-order chi connectivity index (χ0) is 15.6. The highest BCUT2D eigenvalue weighted by Gasteiger charge is 2.30. The molecule has 8 nitrogen and oxygen atoms in total. The van der Waals surface area contributed by atoms with E-state index in [9.17, 15) is 4.79 Å². The molecule has 23 heavy (non-hydrogen) atoms. The van der Waals surface area contributed by atoms with Crippen molar-refractivity contribution >= 4 is 5.91 Å². The average molecular weight is 310 g/mol. The molecule has 4 rings (SSSR count). The molecular formula is C15H14N6O2. The predicted octanol–water partition coefficient (Wildman–Crippen LogP) is 1.28. The van der Waals surface area contributed by atoms with Crippen LogP contribution < -0.4 is 0 Å². The van der Waals surface area contributed by atoms with Gasteiger partial charge in [0.05, 0.1) is 23.8 Å². The number of rotatable bonds is 3. The van der Waals surface area contributed by atoms with Crippen molar-refractivity contribution in [2.75, 3.05) is 13.1 Å². The van der Waals surface area contributed by atoms with E-state index in [0.717, 1.165) is 17.8 Å². The molecule has 0 bridgehead atoms. The second-order valence-corrected chi connectivity index (χ2v) is 5.42. The first-order chi connectivity index (χ1) is 11.3. The lowest BCUT2D eigenvalue weighted by atomic mass is 10.1. The van der Waals surface area contributed by atoms with E-state index in [2.05, 4.69) is 20.5 Å². The lowest BCUT2D eigenvalue weighted by molar-refractivity contribution is 0.0784. The number of likely N-dealkylation sites (tertiary alicyclic amines) is 1. The lowest BCUT2D eigenvalue weighted by Crippen LogP contribution is -2.28. The molecule has 1 amide bonds. The van der Waals surface area contributed by atoms with Crippen LogP contribution in [0.2, 0.25) is 0 Å². The topological polar surface area (TPSA) is 89.9 Å². The Morgan fingerprint density at radius 3 is 3.09 bits per heavy atom. The van der Waals surface area contributed by atoms with Crippen LogP contribution in [-0.4, -0.2) is 49.0 Å². The van der Waals surface area contributed by atoms with Gasteiger partial charge in [-0.3, -0.25) is 9.78 Å². The van der Waals surface area contributed by atoms with E-state index in [-0.39, 0.29) is 11.8 Å². The molecule has 1 aliphatic heterocycles. The first-order valence-corrected chi connectivity index (χ1v) is 7.33. The highest BCUT2D eigenvalue weighted by atomic mass is 16.5. The minimum Gasteiger partial charge on any atom is -0.365 e. The summed E-state index contributed by atoms with van der Waals surface area (Å²) in [6, 6.07) is 5.51.